The summed E-state index contributed by atoms with van der Waals surface area (Å²) in [6, 6.07) is 0. The van der Waals surface area contributed by atoms with Gasteiger partial charge in [-0.25, -0.2) is 0 Å². The topological polar surface area (TPSA) is 34.1 Å². The van der Waals surface area contributed by atoms with E-state index in [0.29, 0.717) is 6.42 Å². The van der Waals surface area contributed by atoms with Gasteiger partial charge in [0, 0.05) is 12.3 Å². The lowest BCUT2D eigenvalue weighted by Gasteiger charge is -2.49. The molecule has 0 aliphatic heterocycles. The van der Waals surface area contributed by atoms with Gasteiger partial charge in [-0.2, -0.15) is 0 Å². The zero-order chi connectivity index (χ0) is 9.80. The summed E-state index contributed by atoms with van der Waals surface area (Å²) >= 11 is 0. The molecule has 0 amide bonds. The predicted octanol–water partition coefficient (Wildman–Crippen LogP) is 1.83. The predicted molar refractivity (Wildman–Crippen MR) is 49.2 cm³/mol. The SMILES string of the molecule is C[C@@H]1C(=O)[C@H]2CC(C)(C)[C@H]1CC2=O. The normalized spacial score (nSPS) is 42.5. The Balaban J connectivity index is 2.38. The van der Waals surface area contributed by atoms with Crippen molar-refractivity contribution in [1.29, 1.82) is 0 Å². The summed E-state index contributed by atoms with van der Waals surface area (Å²) < 4.78 is 0. The molecule has 0 N–H and O–H groups in total. The van der Waals surface area contributed by atoms with Gasteiger partial charge >= 0.3 is 0 Å². The van der Waals surface area contributed by atoms with E-state index in [9.17, 15) is 9.59 Å². The van der Waals surface area contributed by atoms with Crippen LogP contribution in [-0.4, -0.2) is 11.6 Å². The Morgan fingerprint density at radius 1 is 1.31 bits per heavy atom. The number of carbonyl (C=O) groups excluding carboxylic acids is 2. The zero-order valence-electron chi connectivity index (χ0n) is 8.46. The molecule has 3 aliphatic rings. The Labute approximate surface area is 78.7 Å². The van der Waals surface area contributed by atoms with E-state index in [0.717, 1.165) is 6.42 Å². The number of carbonyl (C=O) groups is 2. The summed E-state index contributed by atoms with van der Waals surface area (Å²) in [5.41, 5.74) is 0.186. The molecule has 0 heterocycles. The highest BCUT2D eigenvalue weighted by molar-refractivity contribution is 6.06. The fourth-order valence-corrected chi connectivity index (χ4v) is 3.06. The monoisotopic (exact) mass is 180 g/mol. The number of hydrogen-bond acceptors (Lipinski definition) is 2. The molecule has 0 spiro atoms. The van der Waals surface area contributed by atoms with Crippen LogP contribution in [0, 0.1) is 23.2 Å². The lowest BCUT2D eigenvalue weighted by atomic mass is 9.53. The van der Waals surface area contributed by atoms with Crippen LogP contribution in [0.4, 0.5) is 0 Å². The van der Waals surface area contributed by atoms with Gasteiger partial charge in [0.15, 0.2) is 0 Å². The van der Waals surface area contributed by atoms with Crippen LogP contribution in [0.25, 0.3) is 0 Å². The lowest BCUT2D eigenvalue weighted by molar-refractivity contribution is -0.153. The highest BCUT2D eigenvalue weighted by Crippen LogP contribution is 2.51. The molecule has 0 aromatic carbocycles. The molecule has 0 unspecified atom stereocenters. The summed E-state index contributed by atoms with van der Waals surface area (Å²) in [6.07, 6.45) is 1.41. The van der Waals surface area contributed by atoms with E-state index >= 15 is 0 Å². The molecule has 2 heteroatoms. The molecule has 72 valence electrons. The van der Waals surface area contributed by atoms with Crippen LogP contribution >= 0.6 is 0 Å². The Kier molecular flexibility index (Phi) is 1.67. The first-order chi connectivity index (χ1) is 5.93. The largest absolute Gasteiger partial charge is 0.299 e. The highest BCUT2D eigenvalue weighted by Gasteiger charge is 2.53. The van der Waals surface area contributed by atoms with Crippen LogP contribution in [0.15, 0.2) is 0 Å². The van der Waals surface area contributed by atoms with Crippen molar-refractivity contribution >= 4 is 11.6 Å². The standard InChI is InChI=1S/C11H16O2/c1-6-8-4-9(12)7(10(6)13)5-11(8,2)3/h6-8H,4-5H2,1-3H3/t6-,7-,8-/m0/s1. The Hall–Kier alpha value is -0.660. The second-order valence-electron chi connectivity index (χ2n) is 5.21. The molecule has 2 bridgehead atoms. The molecule has 3 saturated carbocycles. The third kappa shape index (κ3) is 1.07. The molecule has 0 saturated heterocycles. The van der Waals surface area contributed by atoms with Gasteiger partial charge < -0.3 is 0 Å². The first-order valence-electron chi connectivity index (χ1n) is 5.00. The first-order valence-corrected chi connectivity index (χ1v) is 5.00. The molecule has 0 aromatic heterocycles. The molecular weight excluding hydrogens is 164 g/mol. The minimum absolute atomic E-state index is 0.103. The quantitative estimate of drug-likeness (QED) is 0.533. The fraction of sp³-hybridized carbons (Fsp3) is 0.818. The fourth-order valence-electron chi connectivity index (χ4n) is 3.06. The molecule has 3 atom stereocenters. The number of fused-ring (bicyclic) bond motifs is 3. The van der Waals surface area contributed by atoms with Crippen molar-refractivity contribution in [3.8, 4) is 0 Å². The van der Waals surface area contributed by atoms with E-state index in [-0.39, 0.29) is 34.7 Å². The van der Waals surface area contributed by atoms with Crippen LogP contribution < -0.4 is 0 Å². The van der Waals surface area contributed by atoms with Gasteiger partial charge in [-0.3, -0.25) is 9.59 Å². The van der Waals surface area contributed by atoms with Crippen molar-refractivity contribution in [3.63, 3.8) is 0 Å². The van der Waals surface area contributed by atoms with Gasteiger partial charge in [0.25, 0.3) is 0 Å². The summed E-state index contributed by atoms with van der Waals surface area (Å²) in [7, 11) is 0. The van der Waals surface area contributed by atoms with Crippen molar-refractivity contribution in [2.75, 3.05) is 0 Å². The molecule has 0 radical (unpaired) electrons. The average Bonchev–Trinajstić information content (AvgIpc) is 2.03. The minimum Gasteiger partial charge on any atom is -0.299 e. The maximum atomic E-state index is 11.7. The Bertz CT molecular complexity index is 278. The molecule has 3 fully saturated rings. The second kappa shape index (κ2) is 2.43. The van der Waals surface area contributed by atoms with Crippen molar-refractivity contribution < 1.29 is 9.59 Å². The third-order valence-corrected chi connectivity index (χ3v) is 3.94. The van der Waals surface area contributed by atoms with Gasteiger partial charge in [0.1, 0.15) is 11.6 Å². The molecule has 0 aromatic rings. The number of hydrogen-bond donors (Lipinski definition) is 0. The van der Waals surface area contributed by atoms with E-state index in [4.69, 9.17) is 0 Å². The summed E-state index contributed by atoms with van der Waals surface area (Å²) in [5.74, 6) is 0.506. The van der Waals surface area contributed by atoms with E-state index in [1.165, 1.54) is 0 Å². The number of rotatable bonds is 0. The van der Waals surface area contributed by atoms with Crippen LogP contribution in [0.3, 0.4) is 0 Å². The minimum atomic E-state index is -0.269. The summed E-state index contributed by atoms with van der Waals surface area (Å²) in [6.45, 7) is 6.34. The maximum absolute atomic E-state index is 11.7. The van der Waals surface area contributed by atoms with Crippen LogP contribution in [0.5, 0.6) is 0 Å². The Morgan fingerprint density at radius 2 is 1.92 bits per heavy atom. The van der Waals surface area contributed by atoms with Crippen molar-refractivity contribution in [3.05, 3.63) is 0 Å². The summed E-state index contributed by atoms with van der Waals surface area (Å²) in [4.78, 5) is 23.1. The van der Waals surface area contributed by atoms with Crippen molar-refractivity contribution in [2.24, 2.45) is 23.2 Å². The summed E-state index contributed by atoms with van der Waals surface area (Å²) in [5, 5.41) is 0. The average molecular weight is 180 g/mol. The Morgan fingerprint density at radius 3 is 2.46 bits per heavy atom. The van der Waals surface area contributed by atoms with Crippen LogP contribution in [0.1, 0.15) is 33.6 Å². The molecule has 3 rings (SSSR count). The van der Waals surface area contributed by atoms with Gasteiger partial charge in [-0.05, 0) is 17.8 Å². The van der Waals surface area contributed by atoms with Gasteiger partial charge in [-0.1, -0.05) is 20.8 Å². The van der Waals surface area contributed by atoms with Gasteiger partial charge in [0.2, 0.25) is 0 Å². The van der Waals surface area contributed by atoms with Crippen molar-refractivity contribution in [1.82, 2.24) is 0 Å². The van der Waals surface area contributed by atoms with Crippen LogP contribution in [-0.2, 0) is 9.59 Å². The molecule has 2 nitrogen and oxygen atoms in total. The zero-order valence-corrected chi connectivity index (χ0v) is 8.46. The van der Waals surface area contributed by atoms with E-state index < -0.39 is 0 Å². The van der Waals surface area contributed by atoms with E-state index in [1.54, 1.807) is 0 Å². The third-order valence-electron chi connectivity index (χ3n) is 3.94. The first kappa shape index (κ1) is 8.92. The van der Waals surface area contributed by atoms with Crippen LogP contribution in [0.2, 0.25) is 0 Å². The maximum Gasteiger partial charge on any atom is 0.146 e. The molecule has 13 heavy (non-hydrogen) atoms. The lowest BCUT2D eigenvalue weighted by Crippen LogP contribution is -2.53. The molecule has 3 aliphatic carbocycles. The second-order valence-corrected chi connectivity index (χ2v) is 5.21. The smallest absolute Gasteiger partial charge is 0.146 e. The van der Waals surface area contributed by atoms with Crippen molar-refractivity contribution in [2.45, 2.75) is 33.6 Å². The van der Waals surface area contributed by atoms with E-state index in [1.807, 2.05) is 6.92 Å². The molecular formula is C11H16O2. The number of Topliss-reactive ketones (excluding diaryl/α,β-unsaturated/α-hetero) is 2. The van der Waals surface area contributed by atoms with Gasteiger partial charge in [0.05, 0.1) is 5.92 Å². The van der Waals surface area contributed by atoms with Gasteiger partial charge in [-0.15, -0.1) is 0 Å². The number of ketones is 2. The van der Waals surface area contributed by atoms with E-state index in [2.05, 4.69) is 13.8 Å². The highest BCUT2D eigenvalue weighted by atomic mass is 16.2.